The normalized spacial score (nSPS) is 16.7. The van der Waals surface area contributed by atoms with Gasteiger partial charge < -0.3 is 4.42 Å². The van der Waals surface area contributed by atoms with E-state index < -0.39 is 0 Å². The maximum atomic E-state index is 12.2. The fourth-order valence-corrected chi connectivity index (χ4v) is 3.18. The molecule has 1 aliphatic carbocycles. The molecule has 0 radical (unpaired) electrons. The Morgan fingerprint density at radius 2 is 1.46 bits per heavy atom. The van der Waals surface area contributed by atoms with Gasteiger partial charge in [0, 0.05) is 24.0 Å². The van der Waals surface area contributed by atoms with Crippen molar-refractivity contribution in [2.45, 2.75) is 19.3 Å². The molecule has 3 aromatic rings. The molecule has 24 heavy (non-hydrogen) atoms. The monoisotopic (exact) mass is 314 g/mol. The third-order valence-electron chi connectivity index (χ3n) is 4.37. The predicted octanol–water partition coefficient (Wildman–Crippen LogP) is 5.28. The summed E-state index contributed by atoms with van der Waals surface area (Å²) in [6.45, 7) is 0. The lowest BCUT2D eigenvalue weighted by Gasteiger charge is -2.11. The molecule has 0 saturated carbocycles. The average molecular weight is 314 g/mol. The van der Waals surface area contributed by atoms with Crippen LogP contribution < -0.4 is 0 Å². The number of rotatable bonds is 2. The molecule has 0 spiro atoms. The van der Waals surface area contributed by atoms with E-state index >= 15 is 0 Å². The number of ketones is 1. The Labute approximate surface area is 141 Å². The van der Waals surface area contributed by atoms with Gasteiger partial charge in [0.2, 0.25) is 0 Å². The molecule has 1 heterocycles. The predicted molar refractivity (Wildman–Crippen MR) is 95.6 cm³/mol. The summed E-state index contributed by atoms with van der Waals surface area (Å²) in [5.74, 6) is 2.01. The zero-order valence-corrected chi connectivity index (χ0v) is 13.4. The van der Waals surface area contributed by atoms with Gasteiger partial charge in [-0.3, -0.25) is 4.79 Å². The number of fused-ring (bicyclic) bond motifs is 1. The Kier molecular flexibility index (Phi) is 3.87. The van der Waals surface area contributed by atoms with Crippen LogP contribution in [-0.4, -0.2) is 5.78 Å². The van der Waals surface area contributed by atoms with Crippen molar-refractivity contribution in [2.24, 2.45) is 0 Å². The van der Waals surface area contributed by atoms with Gasteiger partial charge in [0.15, 0.2) is 5.78 Å². The van der Waals surface area contributed by atoms with Gasteiger partial charge in [0.1, 0.15) is 11.5 Å². The Bertz CT molecular complexity index is 886. The van der Waals surface area contributed by atoms with Crippen LogP contribution in [0, 0.1) is 0 Å². The maximum Gasteiger partial charge on any atom is 0.156 e. The van der Waals surface area contributed by atoms with Crippen molar-refractivity contribution >= 4 is 11.4 Å². The quantitative estimate of drug-likeness (QED) is 0.644. The molecule has 0 bridgehead atoms. The summed E-state index contributed by atoms with van der Waals surface area (Å²) in [6.07, 6.45) is 3.96. The Morgan fingerprint density at radius 1 is 0.792 bits per heavy atom. The Morgan fingerprint density at radius 3 is 2.17 bits per heavy atom. The molecule has 1 aliphatic rings. The van der Waals surface area contributed by atoms with Gasteiger partial charge in [0.05, 0.1) is 0 Å². The van der Waals surface area contributed by atoms with E-state index in [1.165, 1.54) is 0 Å². The average Bonchev–Trinajstić information content (AvgIpc) is 3.03. The van der Waals surface area contributed by atoms with E-state index in [9.17, 15) is 4.79 Å². The van der Waals surface area contributed by atoms with Gasteiger partial charge in [-0.1, -0.05) is 60.7 Å². The molecule has 0 N–H and O–H groups in total. The van der Waals surface area contributed by atoms with Crippen LogP contribution in [0.2, 0.25) is 0 Å². The van der Waals surface area contributed by atoms with E-state index in [0.717, 1.165) is 46.6 Å². The van der Waals surface area contributed by atoms with Crippen molar-refractivity contribution in [3.8, 4) is 11.3 Å². The maximum absolute atomic E-state index is 12.2. The fraction of sp³-hybridized carbons (Fsp3) is 0.136. The summed E-state index contributed by atoms with van der Waals surface area (Å²) in [6, 6.07) is 22.2. The highest BCUT2D eigenvalue weighted by atomic mass is 16.3. The van der Waals surface area contributed by atoms with Gasteiger partial charge in [-0.15, -0.1) is 0 Å². The van der Waals surface area contributed by atoms with Crippen molar-refractivity contribution in [3.63, 3.8) is 0 Å². The van der Waals surface area contributed by atoms with Gasteiger partial charge in [0.25, 0.3) is 0 Å². The van der Waals surface area contributed by atoms with E-state index in [1.807, 2.05) is 60.7 Å². The van der Waals surface area contributed by atoms with Crippen LogP contribution in [0.4, 0.5) is 0 Å². The molecule has 118 valence electrons. The van der Waals surface area contributed by atoms with Crippen molar-refractivity contribution in [1.82, 2.24) is 0 Å². The summed E-state index contributed by atoms with van der Waals surface area (Å²) in [5, 5.41) is 0. The van der Waals surface area contributed by atoms with E-state index in [0.29, 0.717) is 6.42 Å². The molecule has 2 aromatic carbocycles. The second-order valence-electron chi connectivity index (χ2n) is 6.06. The molecular formula is C22H18O2. The molecule has 0 aliphatic heterocycles. The van der Waals surface area contributed by atoms with E-state index in [1.54, 1.807) is 6.08 Å². The first-order chi connectivity index (χ1) is 11.8. The highest BCUT2D eigenvalue weighted by molar-refractivity contribution is 6.01. The first kappa shape index (κ1) is 14.7. The van der Waals surface area contributed by atoms with Gasteiger partial charge in [-0.2, -0.15) is 0 Å². The minimum atomic E-state index is 0.182. The fourth-order valence-electron chi connectivity index (χ4n) is 3.18. The smallest absolute Gasteiger partial charge is 0.156 e. The summed E-state index contributed by atoms with van der Waals surface area (Å²) in [5.41, 5.74) is 4.10. The van der Waals surface area contributed by atoms with E-state index in [4.69, 9.17) is 4.42 Å². The van der Waals surface area contributed by atoms with Crippen molar-refractivity contribution in [2.75, 3.05) is 0 Å². The second kappa shape index (κ2) is 6.32. The first-order valence-corrected chi connectivity index (χ1v) is 8.30. The Balaban J connectivity index is 1.87. The molecule has 0 atom stereocenters. The summed E-state index contributed by atoms with van der Waals surface area (Å²) in [4.78, 5) is 12.2. The largest absolute Gasteiger partial charge is 0.460 e. The van der Waals surface area contributed by atoms with Crippen LogP contribution in [-0.2, 0) is 11.2 Å². The van der Waals surface area contributed by atoms with Crippen molar-refractivity contribution in [3.05, 3.63) is 89.7 Å². The second-order valence-corrected chi connectivity index (χ2v) is 6.06. The van der Waals surface area contributed by atoms with Crippen LogP contribution >= 0.6 is 0 Å². The summed E-state index contributed by atoms with van der Waals surface area (Å²) < 4.78 is 6.16. The summed E-state index contributed by atoms with van der Waals surface area (Å²) >= 11 is 0. The van der Waals surface area contributed by atoms with Gasteiger partial charge in [-0.05, 0) is 29.7 Å². The summed E-state index contributed by atoms with van der Waals surface area (Å²) in [7, 11) is 0. The van der Waals surface area contributed by atoms with Crippen LogP contribution in [0.25, 0.3) is 16.9 Å². The lowest BCUT2D eigenvalue weighted by atomic mass is 9.92. The zero-order valence-electron chi connectivity index (χ0n) is 13.4. The SMILES string of the molecule is O=C1/C=C(/c2ccccc2)c2cc(-c3ccccc3)oc2CCC1. The third kappa shape index (κ3) is 2.83. The first-order valence-electron chi connectivity index (χ1n) is 8.30. The molecule has 0 amide bonds. The minimum absolute atomic E-state index is 0.182. The van der Waals surface area contributed by atoms with Crippen LogP contribution in [0.1, 0.15) is 29.7 Å². The lowest BCUT2D eigenvalue weighted by molar-refractivity contribution is -0.114. The van der Waals surface area contributed by atoms with Crippen molar-refractivity contribution in [1.29, 1.82) is 0 Å². The Hall–Kier alpha value is -2.87. The van der Waals surface area contributed by atoms with E-state index in [2.05, 4.69) is 6.07 Å². The zero-order chi connectivity index (χ0) is 16.4. The van der Waals surface area contributed by atoms with E-state index in [-0.39, 0.29) is 5.78 Å². The number of benzene rings is 2. The lowest BCUT2D eigenvalue weighted by Crippen LogP contribution is -2.02. The molecular weight excluding hydrogens is 296 g/mol. The van der Waals surface area contributed by atoms with Gasteiger partial charge >= 0.3 is 0 Å². The number of carbonyl (C=O) groups excluding carboxylic acids is 1. The van der Waals surface area contributed by atoms with Gasteiger partial charge in [-0.25, -0.2) is 0 Å². The molecule has 0 saturated heterocycles. The molecule has 1 aromatic heterocycles. The number of furan rings is 1. The number of hydrogen-bond donors (Lipinski definition) is 0. The standard InChI is InChI=1S/C22H18O2/c23-18-12-7-13-21-20(19(14-18)16-8-3-1-4-9-16)15-22(24-21)17-10-5-2-6-11-17/h1-6,8-11,14-15H,7,12-13H2/b19-14-. The number of carbonyl (C=O) groups is 1. The highest BCUT2D eigenvalue weighted by Gasteiger charge is 2.20. The highest BCUT2D eigenvalue weighted by Crippen LogP contribution is 2.35. The molecule has 4 rings (SSSR count). The molecule has 0 unspecified atom stereocenters. The van der Waals surface area contributed by atoms with Crippen molar-refractivity contribution < 1.29 is 9.21 Å². The molecule has 2 nitrogen and oxygen atoms in total. The molecule has 2 heteroatoms. The van der Waals surface area contributed by atoms with Crippen LogP contribution in [0.15, 0.2) is 77.2 Å². The third-order valence-corrected chi connectivity index (χ3v) is 4.37. The number of allylic oxidation sites excluding steroid dienone is 1. The number of aryl methyl sites for hydroxylation is 1. The number of hydrogen-bond acceptors (Lipinski definition) is 2. The topological polar surface area (TPSA) is 30.2 Å². The molecule has 0 fully saturated rings. The van der Waals surface area contributed by atoms with Crippen LogP contribution in [0.5, 0.6) is 0 Å². The van der Waals surface area contributed by atoms with Crippen LogP contribution in [0.3, 0.4) is 0 Å². The minimum Gasteiger partial charge on any atom is -0.460 e.